The van der Waals surface area contributed by atoms with Gasteiger partial charge in [0.25, 0.3) is 5.69 Å². The fourth-order valence-corrected chi connectivity index (χ4v) is 2.30. The molecule has 1 aromatic carbocycles. The number of unbranched alkanes of at least 4 members (excludes halogenated alkanes) is 1. The van der Waals surface area contributed by atoms with Gasteiger partial charge in [0.2, 0.25) is 0 Å². The van der Waals surface area contributed by atoms with Gasteiger partial charge in [-0.15, -0.1) is 5.11 Å². The van der Waals surface area contributed by atoms with Crippen molar-refractivity contribution in [3.8, 4) is 0 Å². The summed E-state index contributed by atoms with van der Waals surface area (Å²) >= 11 is 0. The summed E-state index contributed by atoms with van der Waals surface area (Å²) in [6, 6.07) is 5.90. The average Bonchev–Trinajstić information content (AvgIpc) is 2.87. The molecule has 0 fully saturated rings. The molecule has 0 amide bonds. The van der Waals surface area contributed by atoms with Crippen LogP contribution >= 0.6 is 0 Å². The quantitative estimate of drug-likeness (QED) is 0.457. The van der Waals surface area contributed by atoms with Gasteiger partial charge in [-0.3, -0.25) is 10.1 Å². The molecule has 0 aliphatic rings. The standard InChI is InChI=1S/C17H24N6O2/c1-5-6-11-22-16(18)14(15(21-22)17(2,3)4)20-19-12-7-9-13(10-8-12)23(24)25/h7-10H,5-6,11,18H2,1-4H3. The Bertz CT molecular complexity index is 772. The lowest BCUT2D eigenvalue weighted by atomic mass is 9.91. The first-order chi connectivity index (χ1) is 11.7. The van der Waals surface area contributed by atoms with Gasteiger partial charge in [-0.05, 0) is 18.6 Å². The zero-order valence-corrected chi connectivity index (χ0v) is 15.1. The molecule has 2 N–H and O–H groups in total. The molecular weight excluding hydrogens is 320 g/mol. The topological polar surface area (TPSA) is 112 Å². The number of aryl methyl sites for hydroxylation is 1. The molecule has 8 nitrogen and oxygen atoms in total. The van der Waals surface area contributed by atoms with E-state index in [0.29, 0.717) is 17.2 Å². The van der Waals surface area contributed by atoms with Crippen LogP contribution in [0.15, 0.2) is 34.5 Å². The van der Waals surface area contributed by atoms with Crippen LogP contribution in [0.5, 0.6) is 0 Å². The smallest absolute Gasteiger partial charge is 0.269 e. The molecular formula is C17H24N6O2. The highest BCUT2D eigenvalue weighted by Gasteiger charge is 2.26. The maximum absolute atomic E-state index is 10.7. The third-order valence-corrected chi connectivity index (χ3v) is 3.73. The molecule has 0 spiro atoms. The first kappa shape index (κ1) is 18.6. The van der Waals surface area contributed by atoms with E-state index in [1.54, 1.807) is 16.8 Å². The van der Waals surface area contributed by atoms with Crippen molar-refractivity contribution in [2.45, 2.75) is 52.5 Å². The normalized spacial score (nSPS) is 12.0. The lowest BCUT2D eigenvalue weighted by Gasteiger charge is -2.15. The second-order valence-corrected chi connectivity index (χ2v) is 6.88. The van der Waals surface area contributed by atoms with Crippen molar-refractivity contribution in [1.82, 2.24) is 9.78 Å². The Morgan fingerprint density at radius 3 is 2.40 bits per heavy atom. The molecule has 0 bridgehead atoms. The number of azo groups is 1. The lowest BCUT2D eigenvalue weighted by Crippen LogP contribution is -2.13. The van der Waals surface area contributed by atoms with Crippen molar-refractivity contribution in [3.05, 3.63) is 40.1 Å². The number of nitrogens with zero attached hydrogens (tertiary/aromatic N) is 5. The van der Waals surface area contributed by atoms with Crippen LogP contribution < -0.4 is 5.73 Å². The number of benzene rings is 1. The van der Waals surface area contributed by atoms with E-state index in [4.69, 9.17) is 5.73 Å². The summed E-state index contributed by atoms with van der Waals surface area (Å²) in [5.41, 5.74) is 7.88. The molecule has 2 aromatic rings. The predicted octanol–water partition coefficient (Wildman–Crippen LogP) is 4.89. The first-order valence-electron chi connectivity index (χ1n) is 8.27. The van der Waals surface area contributed by atoms with Crippen molar-refractivity contribution in [3.63, 3.8) is 0 Å². The minimum atomic E-state index is -0.450. The lowest BCUT2D eigenvalue weighted by molar-refractivity contribution is -0.384. The summed E-state index contributed by atoms with van der Waals surface area (Å²) in [6.45, 7) is 8.98. The number of hydrogen-bond donors (Lipinski definition) is 1. The van der Waals surface area contributed by atoms with Crippen LogP contribution in [0.3, 0.4) is 0 Å². The fourth-order valence-electron chi connectivity index (χ4n) is 2.30. The van der Waals surface area contributed by atoms with Crippen LogP contribution in [0.25, 0.3) is 0 Å². The average molecular weight is 344 g/mol. The van der Waals surface area contributed by atoms with Crippen LogP contribution in [0, 0.1) is 10.1 Å². The number of anilines is 1. The van der Waals surface area contributed by atoms with E-state index in [1.807, 2.05) is 20.8 Å². The fraction of sp³-hybridized carbons (Fsp3) is 0.471. The molecule has 0 saturated carbocycles. The molecule has 0 saturated heterocycles. The number of nitro benzene ring substituents is 1. The van der Waals surface area contributed by atoms with Crippen LogP contribution in [0.2, 0.25) is 0 Å². The third kappa shape index (κ3) is 4.40. The number of non-ortho nitro benzene ring substituents is 1. The van der Waals surface area contributed by atoms with Gasteiger partial charge in [0.15, 0.2) is 5.69 Å². The van der Waals surface area contributed by atoms with E-state index in [2.05, 4.69) is 22.3 Å². The molecule has 134 valence electrons. The molecule has 0 aliphatic carbocycles. The predicted molar refractivity (Wildman–Crippen MR) is 97.5 cm³/mol. The van der Waals surface area contributed by atoms with Crippen LogP contribution in [0.1, 0.15) is 46.2 Å². The van der Waals surface area contributed by atoms with E-state index in [9.17, 15) is 10.1 Å². The molecule has 1 aromatic heterocycles. The van der Waals surface area contributed by atoms with Gasteiger partial charge in [0.05, 0.1) is 16.3 Å². The minimum Gasteiger partial charge on any atom is -0.382 e. The Labute approximate surface area is 146 Å². The Hall–Kier alpha value is -2.77. The SMILES string of the molecule is CCCCn1nc(C(C)(C)C)c(N=Nc2ccc([N+](=O)[O-])cc2)c1N. The Morgan fingerprint density at radius 1 is 1.24 bits per heavy atom. The number of rotatable bonds is 6. The molecule has 0 radical (unpaired) electrons. The highest BCUT2D eigenvalue weighted by Crippen LogP contribution is 2.36. The van der Waals surface area contributed by atoms with Crippen LogP contribution in [-0.4, -0.2) is 14.7 Å². The van der Waals surface area contributed by atoms with E-state index >= 15 is 0 Å². The molecule has 25 heavy (non-hydrogen) atoms. The van der Waals surface area contributed by atoms with Gasteiger partial charge in [-0.1, -0.05) is 34.1 Å². The van der Waals surface area contributed by atoms with Gasteiger partial charge < -0.3 is 5.73 Å². The van der Waals surface area contributed by atoms with Gasteiger partial charge in [-0.25, -0.2) is 4.68 Å². The zero-order chi connectivity index (χ0) is 18.6. The number of nitrogen functional groups attached to an aromatic ring is 1. The summed E-state index contributed by atoms with van der Waals surface area (Å²) < 4.78 is 1.77. The van der Waals surface area contributed by atoms with Crippen molar-refractivity contribution < 1.29 is 4.92 Å². The molecule has 2 rings (SSSR count). The van der Waals surface area contributed by atoms with Crippen LogP contribution in [-0.2, 0) is 12.0 Å². The van der Waals surface area contributed by atoms with Gasteiger partial charge in [0.1, 0.15) is 5.82 Å². The summed E-state index contributed by atoms with van der Waals surface area (Å²) in [4.78, 5) is 10.3. The zero-order valence-electron chi connectivity index (χ0n) is 15.1. The number of nitrogens with two attached hydrogens (primary N) is 1. The number of hydrogen-bond acceptors (Lipinski definition) is 6. The van der Waals surface area contributed by atoms with Crippen molar-refractivity contribution in [2.24, 2.45) is 10.2 Å². The summed E-state index contributed by atoms with van der Waals surface area (Å²) in [6.07, 6.45) is 2.03. The Kier molecular flexibility index (Phi) is 5.51. The number of nitro groups is 1. The summed E-state index contributed by atoms with van der Waals surface area (Å²) in [7, 11) is 0. The maximum atomic E-state index is 10.7. The van der Waals surface area contributed by atoms with E-state index in [-0.39, 0.29) is 11.1 Å². The van der Waals surface area contributed by atoms with E-state index in [1.165, 1.54) is 12.1 Å². The number of aromatic nitrogens is 2. The monoisotopic (exact) mass is 344 g/mol. The molecule has 8 heteroatoms. The largest absolute Gasteiger partial charge is 0.382 e. The van der Waals surface area contributed by atoms with E-state index in [0.717, 1.165) is 25.1 Å². The first-order valence-corrected chi connectivity index (χ1v) is 8.27. The van der Waals surface area contributed by atoms with Gasteiger partial charge in [-0.2, -0.15) is 10.2 Å². The summed E-state index contributed by atoms with van der Waals surface area (Å²) in [5.74, 6) is 0.490. The second-order valence-electron chi connectivity index (χ2n) is 6.88. The maximum Gasteiger partial charge on any atom is 0.269 e. The molecule has 0 atom stereocenters. The van der Waals surface area contributed by atoms with Crippen molar-refractivity contribution >= 4 is 22.9 Å². The van der Waals surface area contributed by atoms with Crippen molar-refractivity contribution in [1.29, 1.82) is 0 Å². The van der Waals surface area contributed by atoms with E-state index < -0.39 is 4.92 Å². The highest BCUT2D eigenvalue weighted by molar-refractivity contribution is 5.63. The Balaban J connectivity index is 2.36. The molecule has 0 aliphatic heterocycles. The van der Waals surface area contributed by atoms with Gasteiger partial charge >= 0.3 is 0 Å². The third-order valence-electron chi connectivity index (χ3n) is 3.73. The summed E-state index contributed by atoms with van der Waals surface area (Å²) in [5, 5.41) is 23.8. The minimum absolute atomic E-state index is 0.0150. The second kappa shape index (κ2) is 7.42. The van der Waals surface area contributed by atoms with Crippen molar-refractivity contribution in [2.75, 3.05) is 5.73 Å². The Morgan fingerprint density at radius 2 is 1.88 bits per heavy atom. The molecule has 1 heterocycles. The van der Waals surface area contributed by atoms with Gasteiger partial charge in [0, 0.05) is 24.1 Å². The highest BCUT2D eigenvalue weighted by atomic mass is 16.6. The van der Waals surface area contributed by atoms with Crippen LogP contribution in [0.4, 0.5) is 22.9 Å². The molecule has 0 unspecified atom stereocenters.